The van der Waals surface area contributed by atoms with E-state index in [2.05, 4.69) is 4.99 Å². The summed E-state index contributed by atoms with van der Waals surface area (Å²) >= 11 is 0. The van der Waals surface area contributed by atoms with Gasteiger partial charge in [-0.25, -0.2) is 4.99 Å². The van der Waals surface area contributed by atoms with E-state index in [-0.39, 0.29) is 6.61 Å². The molecule has 0 aromatic carbocycles. The van der Waals surface area contributed by atoms with Crippen molar-refractivity contribution < 1.29 is 14.6 Å². The number of methoxy groups -OCH3 is 1. The van der Waals surface area contributed by atoms with E-state index in [1.165, 1.54) is 6.40 Å². The highest BCUT2D eigenvalue weighted by atomic mass is 16.5. The maximum absolute atomic E-state index is 8.87. The van der Waals surface area contributed by atoms with Crippen LogP contribution in [0.15, 0.2) is 4.99 Å². The van der Waals surface area contributed by atoms with E-state index in [0.717, 1.165) is 0 Å². The van der Waals surface area contributed by atoms with Gasteiger partial charge in [0, 0.05) is 7.11 Å². The molecule has 0 aromatic heterocycles. The summed E-state index contributed by atoms with van der Waals surface area (Å²) in [4.78, 5) is 3.95. The van der Waals surface area contributed by atoms with Gasteiger partial charge >= 0.3 is 0 Å². The first-order chi connectivity index (χ1) is 4.83. The van der Waals surface area contributed by atoms with Crippen LogP contribution < -0.4 is 0 Å². The molecule has 0 spiro atoms. The molecule has 1 N–H and O–H groups in total. The number of ether oxygens (including phenoxy) is 2. The van der Waals surface area contributed by atoms with Gasteiger partial charge in [-0.2, -0.15) is 0 Å². The average Bonchev–Trinajstić information content (AvgIpc) is 2.39. The molecule has 1 rings (SSSR count). The monoisotopic (exact) mass is 145 g/mol. The first-order valence-corrected chi connectivity index (χ1v) is 3.08. The smallest absolute Gasteiger partial charge is 0.170 e. The standard InChI is InChI=1S/C6H11NO3/c1-9-3-6(2-8)4-10-5-7-6/h5,8H,2-4H2,1H3. The molecule has 0 bridgehead atoms. The van der Waals surface area contributed by atoms with E-state index in [1.807, 2.05) is 0 Å². The van der Waals surface area contributed by atoms with Crippen LogP contribution in [0, 0.1) is 0 Å². The van der Waals surface area contributed by atoms with Gasteiger partial charge < -0.3 is 14.6 Å². The molecule has 0 aliphatic carbocycles. The van der Waals surface area contributed by atoms with Crippen molar-refractivity contribution in [2.24, 2.45) is 4.99 Å². The molecule has 0 radical (unpaired) electrons. The second-order valence-corrected chi connectivity index (χ2v) is 2.36. The van der Waals surface area contributed by atoms with Crippen LogP contribution >= 0.6 is 0 Å². The van der Waals surface area contributed by atoms with Crippen LogP contribution in [0.4, 0.5) is 0 Å². The number of aliphatic hydroxyl groups is 1. The predicted molar refractivity (Wildman–Crippen MR) is 36.1 cm³/mol. The Kier molecular flexibility index (Phi) is 2.24. The molecule has 0 fully saturated rings. The maximum Gasteiger partial charge on any atom is 0.170 e. The summed E-state index contributed by atoms with van der Waals surface area (Å²) in [6, 6.07) is 0. The number of nitrogens with zero attached hydrogens (tertiary/aromatic N) is 1. The fraction of sp³-hybridized carbons (Fsp3) is 0.833. The number of rotatable bonds is 3. The molecule has 0 aromatic rings. The quantitative estimate of drug-likeness (QED) is 0.578. The third-order valence-corrected chi connectivity index (χ3v) is 1.46. The third kappa shape index (κ3) is 1.27. The van der Waals surface area contributed by atoms with E-state index in [4.69, 9.17) is 14.6 Å². The van der Waals surface area contributed by atoms with E-state index >= 15 is 0 Å². The molecule has 0 saturated heterocycles. The fourth-order valence-corrected chi connectivity index (χ4v) is 0.858. The molecule has 1 aliphatic rings. The van der Waals surface area contributed by atoms with Gasteiger partial charge in [-0.05, 0) is 0 Å². The summed E-state index contributed by atoms with van der Waals surface area (Å²) < 4.78 is 9.74. The fourth-order valence-electron chi connectivity index (χ4n) is 0.858. The highest BCUT2D eigenvalue weighted by molar-refractivity contribution is 5.50. The van der Waals surface area contributed by atoms with E-state index in [9.17, 15) is 0 Å². The third-order valence-electron chi connectivity index (χ3n) is 1.46. The van der Waals surface area contributed by atoms with Gasteiger partial charge in [0.2, 0.25) is 0 Å². The Hall–Kier alpha value is -0.610. The minimum Gasteiger partial charge on any atom is -0.481 e. The largest absolute Gasteiger partial charge is 0.481 e. The summed E-state index contributed by atoms with van der Waals surface area (Å²) in [5, 5.41) is 8.87. The second kappa shape index (κ2) is 2.98. The molecule has 4 heteroatoms. The van der Waals surface area contributed by atoms with E-state index in [1.54, 1.807) is 7.11 Å². The molecule has 1 aliphatic heterocycles. The summed E-state index contributed by atoms with van der Waals surface area (Å²) in [5.41, 5.74) is -0.533. The Labute approximate surface area is 59.5 Å². The minimum absolute atomic E-state index is 0.0304. The van der Waals surface area contributed by atoms with Crippen LogP contribution in [0.1, 0.15) is 0 Å². The SMILES string of the molecule is COCC1(CO)COC=N1. The average molecular weight is 145 g/mol. The second-order valence-electron chi connectivity index (χ2n) is 2.36. The lowest BCUT2D eigenvalue weighted by Gasteiger charge is -2.19. The molecule has 58 valence electrons. The van der Waals surface area contributed by atoms with Crippen molar-refractivity contribution in [3.63, 3.8) is 0 Å². The number of aliphatic imine (C=N–C) groups is 1. The van der Waals surface area contributed by atoms with Crippen LogP contribution in [-0.2, 0) is 9.47 Å². The van der Waals surface area contributed by atoms with Gasteiger partial charge in [0.25, 0.3) is 0 Å². The Morgan fingerprint density at radius 3 is 3.10 bits per heavy atom. The normalized spacial score (nSPS) is 30.6. The zero-order valence-corrected chi connectivity index (χ0v) is 5.91. The van der Waals surface area contributed by atoms with Crippen molar-refractivity contribution in [2.75, 3.05) is 26.9 Å². The van der Waals surface area contributed by atoms with Gasteiger partial charge in [0.05, 0.1) is 13.2 Å². The number of aliphatic hydroxyl groups excluding tert-OH is 1. The van der Waals surface area contributed by atoms with Gasteiger partial charge in [0.1, 0.15) is 12.1 Å². The van der Waals surface area contributed by atoms with Crippen LogP contribution in [-0.4, -0.2) is 44.0 Å². The van der Waals surface area contributed by atoms with Crippen LogP contribution in [0.2, 0.25) is 0 Å². The first kappa shape index (κ1) is 7.50. The lowest BCUT2D eigenvalue weighted by Crippen LogP contribution is -2.37. The number of hydrogen-bond acceptors (Lipinski definition) is 4. The van der Waals surface area contributed by atoms with Crippen molar-refractivity contribution in [1.29, 1.82) is 0 Å². The molecule has 1 unspecified atom stereocenters. The van der Waals surface area contributed by atoms with Crippen molar-refractivity contribution >= 4 is 6.40 Å². The summed E-state index contributed by atoms with van der Waals surface area (Å²) in [7, 11) is 1.57. The van der Waals surface area contributed by atoms with Crippen molar-refractivity contribution in [3.8, 4) is 0 Å². The molecule has 0 amide bonds. The van der Waals surface area contributed by atoms with Gasteiger partial charge in [-0.15, -0.1) is 0 Å². The lowest BCUT2D eigenvalue weighted by molar-refractivity contribution is 0.0705. The van der Waals surface area contributed by atoms with Crippen LogP contribution in [0.25, 0.3) is 0 Å². The molecule has 4 nitrogen and oxygen atoms in total. The Balaban J connectivity index is 2.50. The molecular formula is C6H11NO3. The molecule has 1 heterocycles. The van der Waals surface area contributed by atoms with E-state index in [0.29, 0.717) is 13.2 Å². The Morgan fingerprint density at radius 1 is 1.90 bits per heavy atom. The maximum atomic E-state index is 8.87. The van der Waals surface area contributed by atoms with Crippen molar-refractivity contribution in [1.82, 2.24) is 0 Å². The van der Waals surface area contributed by atoms with Crippen molar-refractivity contribution in [2.45, 2.75) is 5.54 Å². The summed E-state index contributed by atoms with van der Waals surface area (Å²) in [6.45, 7) is 0.786. The van der Waals surface area contributed by atoms with Crippen LogP contribution in [0.5, 0.6) is 0 Å². The van der Waals surface area contributed by atoms with Crippen molar-refractivity contribution in [3.05, 3.63) is 0 Å². The summed E-state index contributed by atoms with van der Waals surface area (Å²) in [6.07, 6.45) is 1.36. The summed E-state index contributed by atoms with van der Waals surface area (Å²) in [5.74, 6) is 0. The van der Waals surface area contributed by atoms with Gasteiger partial charge in [-0.3, -0.25) is 0 Å². The minimum atomic E-state index is -0.533. The Bertz CT molecular complexity index is 137. The molecule has 10 heavy (non-hydrogen) atoms. The van der Waals surface area contributed by atoms with E-state index < -0.39 is 5.54 Å². The lowest BCUT2D eigenvalue weighted by atomic mass is 10.1. The van der Waals surface area contributed by atoms with Gasteiger partial charge in [-0.1, -0.05) is 0 Å². The van der Waals surface area contributed by atoms with Gasteiger partial charge in [0.15, 0.2) is 6.40 Å². The molecule has 0 saturated carbocycles. The molecular weight excluding hydrogens is 134 g/mol. The van der Waals surface area contributed by atoms with Crippen LogP contribution in [0.3, 0.4) is 0 Å². The zero-order valence-electron chi connectivity index (χ0n) is 5.91. The highest BCUT2D eigenvalue weighted by Gasteiger charge is 2.32. The number of hydrogen-bond donors (Lipinski definition) is 1. The first-order valence-electron chi connectivity index (χ1n) is 3.08. The molecule has 1 atom stereocenters. The Morgan fingerprint density at radius 2 is 2.70 bits per heavy atom. The topological polar surface area (TPSA) is 51.0 Å². The highest BCUT2D eigenvalue weighted by Crippen LogP contribution is 2.14. The predicted octanol–water partition coefficient (Wildman–Crippen LogP) is -0.578. The zero-order chi connectivity index (χ0) is 7.45.